The van der Waals surface area contributed by atoms with E-state index in [0.717, 1.165) is 10.5 Å². The van der Waals surface area contributed by atoms with Crippen LogP contribution in [0.3, 0.4) is 0 Å². The van der Waals surface area contributed by atoms with E-state index in [1.54, 1.807) is 29.2 Å². The van der Waals surface area contributed by atoms with Gasteiger partial charge >= 0.3 is 6.18 Å². The Morgan fingerprint density at radius 3 is 2.50 bits per heavy atom. The van der Waals surface area contributed by atoms with Crippen molar-refractivity contribution in [3.05, 3.63) is 77.6 Å². The topological polar surface area (TPSA) is 71.1 Å². The molecule has 0 bridgehead atoms. The lowest BCUT2D eigenvalue weighted by Crippen LogP contribution is -2.52. The highest BCUT2D eigenvalue weighted by molar-refractivity contribution is 6.33. The lowest BCUT2D eigenvalue weighted by Gasteiger charge is -2.34. The number of carbonyl (C=O) groups excluding carboxylic acids is 2. The lowest BCUT2D eigenvalue weighted by molar-refractivity contribution is -0.136. The molecule has 1 aliphatic heterocycles. The van der Waals surface area contributed by atoms with Gasteiger partial charge in [0.1, 0.15) is 11.7 Å². The maximum atomic E-state index is 13.8. The predicted octanol–water partition coefficient (Wildman–Crippen LogP) is 4.76. The Labute approximate surface area is 196 Å². The average molecular weight is 489 g/mol. The molecule has 11 heteroatoms. The van der Waals surface area contributed by atoms with Crippen molar-refractivity contribution in [3.8, 4) is 11.1 Å². The number of hydrogen-bond acceptors (Lipinski definition) is 4. The first-order chi connectivity index (χ1) is 16.2. The molecule has 0 atom stereocenters. The second-order valence-corrected chi connectivity index (χ2v) is 8.06. The summed E-state index contributed by atoms with van der Waals surface area (Å²) < 4.78 is 47.5. The number of pyridine rings is 1. The molecule has 7 nitrogen and oxygen atoms in total. The molecule has 34 heavy (non-hydrogen) atoms. The van der Waals surface area contributed by atoms with E-state index >= 15 is 0 Å². The summed E-state index contributed by atoms with van der Waals surface area (Å²) in [6.45, 7) is 0.165. The van der Waals surface area contributed by atoms with Crippen molar-refractivity contribution in [2.75, 3.05) is 24.5 Å². The van der Waals surface area contributed by atoms with Crippen molar-refractivity contribution in [1.82, 2.24) is 14.3 Å². The molecule has 0 spiro atoms. The number of para-hydroxylation sites is 1. The minimum absolute atomic E-state index is 0.177. The van der Waals surface area contributed by atoms with Gasteiger partial charge in [-0.15, -0.1) is 0 Å². The number of anilines is 1. The van der Waals surface area contributed by atoms with Crippen molar-refractivity contribution in [3.63, 3.8) is 0 Å². The van der Waals surface area contributed by atoms with E-state index in [2.05, 4.69) is 4.98 Å². The first-order valence-corrected chi connectivity index (χ1v) is 10.6. The molecule has 1 aliphatic rings. The Bertz CT molecular complexity index is 1380. The highest BCUT2D eigenvalue weighted by Gasteiger charge is 2.37. The van der Waals surface area contributed by atoms with Gasteiger partial charge in [0.05, 0.1) is 18.1 Å². The van der Waals surface area contributed by atoms with Crippen molar-refractivity contribution < 1.29 is 27.2 Å². The van der Waals surface area contributed by atoms with Crippen LogP contribution >= 0.6 is 11.6 Å². The summed E-state index contributed by atoms with van der Waals surface area (Å²) in [5.74, 6) is -1.03. The molecule has 3 aromatic heterocycles. The van der Waals surface area contributed by atoms with Crippen LogP contribution in [0.2, 0.25) is 5.15 Å². The lowest BCUT2D eigenvalue weighted by atomic mass is 10.1. The number of halogens is 4. The summed E-state index contributed by atoms with van der Waals surface area (Å²) in [6.07, 6.45) is -0.743. The normalized spacial score (nSPS) is 14.8. The number of nitrogens with zero attached hydrogens (tertiary/aromatic N) is 4. The molecule has 5 rings (SSSR count). The number of aromatic nitrogens is 2. The van der Waals surface area contributed by atoms with Gasteiger partial charge in [-0.05, 0) is 24.3 Å². The molecule has 0 aliphatic carbocycles. The summed E-state index contributed by atoms with van der Waals surface area (Å²) in [5.41, 5.74) is -0.588. The molecule has 2 amide bonds. The molecular weight excluding hydrogens is 473 g/mol. The predicted molar refractivity (Wildman–Crippen MR) is 118 cm³/mol. The van der Waals surface area contributed by atoms with Gasteiger partial charge in [-0.3, -0.25) is 14.0 Å². The number of hydrogen-bond donors (Lipinski definition) is 0. The quantitative estimate of drug-likeness (QED) is 0.417. The summed E-state index contributed by atoms with van der Waals surface area (Å²) in [6, 6.07) is 11.4. The van der Waals surface area contributed by atoms with Crippen molar-refractivity contribution in [2.24, 2.45) is 0 Å². The molecule has 0 radical (unpaired) electrons. The third-order valence-electron chi connectivity index (χ3n) is 5.60. The Balaban J connectivity index is 1.50. The molecule has 0 unspecified atom stereocenters. The second kappa shape index (κ2) is 8.21. The van der Waals surface area contributed by atoms with Crippen LogP contribution in [0.25, 0.3) is 16.8 Å². The molecule has 0 N–H and O–H groups in total. The van der Waals surface area contributed by atoms with Crippen molar-refractivity contribution in [2.45, 2.75) is 6.18 Å². The van der Waals surface area contributed by atoms with Gasteiger partial charge in [0.15, 0.2) is 11.3 Å². The second-order valence-electron chi connectivity index (χ2n) is 7.70. The summed E-state index contributed by atoms with van der Waals surface area (Å²) in [7, 11) is 0. The number of fused-ring (bicyclic) bond motifs is 1. The maximum absolute atomic E-state index is 13.8. The van der Waals surface area contributed by atoms with Crippen LogP contribution in [0.15, 0.2) is 65.6 Å². The van der Waals surface area contributed by atoms with Crippen LogP contribution < -0.4 is 4.90 Å². The summed E-state index contributed by atoms with van der Waals surface area (Å²) >= 11 is 6.35. The van der Waals surface area contributed by atoms with E-state index in [0.29, 0.717) is 11.3 Å². The van der Waals surface area contributed by atoms with Crippen LogP contribution in [0.4, 0.5) is 18.9 Å². The molecule has 1 aromatic carbocycles. The van der Waals surface area contributed by atoms with Crippen LogP contribution in [0, 0.1) is 0 Å². The molecule has 1 fully saturated rings. The fourth-order valence-corrected chi connectivity index (χ4v) is 4.18. The zero-order valence-electron chi connectivity index (χ0n) is 17.4. The Morgan fingerprint density at radius 2 is 1.85 bits per heavy atom. The van der Waals surface area contributed by atoms with Gasteiger partial charge in [0, 0.05) is 36.1 Å². The van der Waals surface area contributed by atoms with E-state index in [1.807, 2.05) is 6.07 Å². The molecule has 1 saturated heterocycles. The van der Waals surface area contributed by atoms with E-state index in [4.69, 9.17) is 16.0 Å². The van der Waals surface area contributed by atoms with Crippen LogP contribution in [0.5, 0.6) is 0 Å². The molecule has 0 saturated carbocycles. The third kappa shape index (κ3) is 3.79. The monoisotopic (exact) mass is 488 g/mol. The maximum Gasteiger partial charge on any atom is 0.420 e. The number of imidazole rings is 1. The number of benzene rings is 1. The minimum Gasteiger partial charge on any atom is -0.472 e. The number of alkyl halides is 3. The summed E-state index contributed by atoms with van der Waals surface area (Å²) in [4.78, 5) is 32.6. The van der Waals surface area contributed by atoms with E-state index in [9.17, 15) is 22.8 Å². The number of amides is 2. The number of rotatable bonds is 3. The largest absolute Gasteiger partial charge is 0.472 e. The zero-order chi connectivity index (χ0) is 24.0. The van der Waals surface area contributed by atoms with E-state index in [-0.39, 0.29) is 42.0 Å². The van der Waals surface area contributed by atoms with Gasteiger partial charge < -0.3 is 14.2 Å². The SMILES string of the molecule is O=C(c1nc2c(C(F)(F)F)cc(-c3ccoc3)cn2c1Cl)N1CCN(c2ccccc2)C(=O)C1. The van der Waals surface area contributed by atoms with E-state index < -0.39 is 23.3 Å². The van der Waals surface area contributed by atoms with Crippen molar-refractivity contribution >= 4 is 34.7 Å². The van der Waals surface area contributed by atoms with Gasteiger partial charge in [-0.25, -0.2) is 4.98 Å². The highest BCUT2D eigenvalue weighted by Crippen LogP contribution is 2.37. The summed E-state index contributed by atoms with van der Waals surface area (Å²) in [5, 5.41) is -0.270. The highest BCUT2D eigenvalue weighted by atomic mass is 35.5. The average Bonchev–Trinajstić information content (AvgIpc) is 3.46. The van der Waals surface area contributed by atoms with Crippen LogP contribution in [-0.2, 0) is 11.0 Å². The van der Waals surface area contributed by atoms with Crippen LogP contribution in [-0.4, -0.2) is 45.7 Å². The standard InChI is InChI=1S/C23H16ClF3N4O3/c24-20-19(22(33)29-7-8-30(18(32)12-29)16-4-2-1-3-5-16)28-21-17(23(25,26)27)10-15(11-31(20)21)14-6-9-34-13-14/h1-6,9-11,13H,7-8,12H2. The Morgan fingerprint density at radius 1 is 1.09 bits per heavy atom. The first-order valence-electron chi connectivity index (χ1n) is 10.2. The number of furan rings is 1. The van der Waals surface area contributed by atoms with Gasteiger partial charge in [0.25, 0.3) is 5.91 Å². The fourth-order valence-electron chi connectivity index (χ4n) is 3.93. The van der Waals surface area contributed by atoms with E-state index in [1.165, 1.54) is 29.7 Å². The van der Waals surface area contributed by atoms with Gasteiger partial charge in [-0.1, -0.05) is 29.8 Å². The first kappa shape index (κ1) is 22.0. The molecular formula is C23H16ClF3N4O3. The fraction of sp³-hybridized carbons (Fsp3) is 0.174. The molecule has 4 heterocycles. The van der Waals surface area contributed by atoms with Crippen molar-refractivity contribution in [1.29, 1.82) is 0 Å². The minimum atomic E-state index is -4.74. The number of piperazine rings is 1. The zero-order valence-corrected chi connectivity index (χ0v) is 18.2. The number of carbonyl (C=O) groups is 2. The smallest absolute Gasteiger partial charge is 0.420 e. The van der Waals surface area contributed by atoms with Gasteiger partial charge in [0.2, 0.25) is 5.91 Å². The molecule has 174 valence electrons. The third-order valence-corrected chi connectivity index (χ3v) is 5.96. The molecule has 4 aromatic rings. The Kier molecular flexibility index (Phi) is 5.32. The Hall–Kier alpha value is -3.79. The van der Waals surface area contributed by atoms with Gasteiger partial charge in [-0.2, -0.15) is 13.2 Å². The van der Waals surface area contributed by atoms with Crippen LogP contribution in [0.1, 0.15) is 16.1 Å².